The van der Waals surface area contributed by atoms with E-state index in [1.807, 2.05) is 36.4 Å². The van der Waals surface area contributed by atoms with Crippen LogP contribution >= 0.6 is 0 Å². The van der Waals surface area contributed by atoms with Crippen molar-refractivity contribution < 1.29 is 9.84 Å². The summed E-state index contributed by atoms with van der Waals surface area (Å²) in [6.45, 7) is 1.91. The van der Waals surface area contributed by atoms with Gasteiger partial charge in [-0.25, -0.2) is 4.98 Å². The minimum Gasteiger partial charge on any atom is -0.387 e. The van der Waals surface area contributed by atoms with Crippen LogP contribution in [-0.4, -0.2) is 40.9 Å². The normalized spacial score (nSPS) is 19.1. The summed E-state index contributed by atoms with van der Waals surface area (Å²) in [5.41, 5.74) is 0.869. The standard InChI is InChI=1S/C17H22N4O2/c22-15(13-5-2-1-3-6-13)11-19-17-18-9-8-16(21-17)20-14-7-4-10-23-12-14/h1-3,5-6,8-9,14-15,22H,4,7,10-12H2,(H2,18,19,20,21)/t14-,15+/m0/s1. The Morgan fingerprint density at radius 2 is 2.13 bits per heavy atom. The zero-order valence-corrected chi connectivity index (χ0v) is 13.0. The molecule has 0 unspecified atom stereocenters. The van der Waals surface area contributed by atoms with Gasteiger partial charge < -0.3 is 20.5 Å². The van der Waals surface area contributed by atoms with Crippen LogP contribution in [-0.2, 0) is 4.74 Å². The van der Waals surface area contributed by atoms with Crippen LogP contribution in [0.4, 0.5) is 11.8 Å². The molecule has 2 atom stereocenters. The number of nitrogens with zero attached hydrogens (tertiary/aromatic N) is 2. The van der Waals surface area contributed by atoms with Crippen LogP contribution < -0.4 is 10.6 Å². The summed E-state index contributed by atoms with van der Waals surface area (Å²) < 4.78 is 5.46. The van der Waals surface area contributed by atoms with E-state index in [0.29, 0.717) is 25.1 Å². The number of ether oxygens (including phenoxy) is 1. The summed E-state index contributed by atoms with van der Waals surface area (Å²) in [6.07, 6.45) is 3.26. The molecule has 1 aromatic heterocycles. The Morgan fingerprint density at radius 3 is 2.91 bits per heavy atom. The Morgan fingerprint density at radius 1 is 1.26 bits per heavy atom. The fraction of sp³-hybridized carbons (Fsp3) is 0.412. The molecule has 0 saturated carbocycles. The van der Waals surface area contributed by atoms with E-state index in [2.05, 4.69) is 20.6 Å². The Bertz CT molecular complexity index is 603. The maximum atomic E-state index is 10.2. The van der Waals surface area contributed by atoms with Gasteiger partial charge in [-0.3, -0.25) is 0 Å². The van der Waals surface area contributed by atoms with Gasteiger partial charge in [-0.2, -0.15) is 4.98 Å². The average molecular weight is 314 g/mol. The Hall–Kier alpha value is -2.18. The third-order valence-corrected chi connectivity index (χ3v) is 3.81. The second-order valence-corrected chi connectivity index (χ2v) is 5.63. The van der Waals surface area contributed by atoms with Crippen LogP contribution in [0, 0.1) is 0 Å². The van der Waals surface area contributed by atoms with E-state index in [0.717, 1.165) is 30.8 Å². The molecule has 23 heavy (non-hydrogen) atoms. The van der Waals surface area contributed by atoms with E-state index in [4.69, 9.17) is 4.74 Å². The molecule has 0 radical (unpaired) electrons. The van der Waals surface area contributed by atoms with E-state index >= 15 is 0 Å². The van der Waals surface area contributed by atoms with Crippen molar-refractivity contribution in [2.75, 3.05) is 30.4 Å². The predicted octanol–water partition coefficient (Wildman–Crippen LogP) is 2.21. The maximum Gasteiger partial charge on any atom is 0.224 e. The molecule has 2 aromatic rings. The van der Waals surface area contributed by atoms with E-state index in [1.165, 1.54) is 0 Å². The van der Waals surface area contributed by atoms with Crippen molar-refractivity contribution in [1.82, 2.24) is 9.97 Å². The number of aromatic nitrogens is 2. The van der Waals surface area contributed by atoms with Crippen LogP contribution in [0.15, 0.2) is 42.6 Å². The molecular formula is C17H22N4O2. The van der Waals surface area contributed by atoms with Crippen molar-refractivity contribution >= 4 is 11.8 Å². The number of benzene rings is 1. The van der Waals surface area contributed by atoms with E-state index in [9.17, 15) is 5.11 Å². The molecule has 3 rings (SSSR count). The number of nitrogens with one attached hydrogen (secondary N) is 2. The molecule has 1 aliphatic rings. The minimum atomic E-state index is -0.594. The number of hydrogen-bond acceptors (Lipinski definition) is 6. The highest BCUT2D eigenvalue weighted by Gasteiger charge is 2.14. The highest BCUT2D eigenvalue weighted by Crippen LogP contribution is 2.15. The summed E-state index contributed by atoms with van der Waals surface area (Å²) in [4.78, 5) is 8.63. The van der Waals surface area contributed by atoms with Gasteiger partial charge >= 0.3 is 0 Å². The maximum absolute atomic E-state index is 10.2. The van der Waals surface area contributed by atoms with Crippen molar-refractivity contribution in [2.24, 2.45) is 0 Å². The molecular weight excluding hydrogens is 292 g/mol. The molecule has 6 nitrogen and oxygen atoms in total. The Kier molecular flexibility index (Phi) is 5.39. The average Bonchev–Trinajstić information content (AvgIpc) is 2.62. The zero-order valence-electron chi connectivity index (χ0n) is 13.0. The van der Waals surface area contributed by atoms with Crippen molar-refractivity contribution in [2.45, 2.75) is 25.0 Å². The third kappa shape index (κ3) is 4.64. The van der Waals surface area contributed by atoms with Gasteiger partial charge in [0.25, 0.3) is 0 Å². The lowest BCUT2D eigenvalue weighted by molar-refractivity contribution is 0.0875. The molecule has 0 bridgehead atoms. The van der Waals surface area contributed by atoms with Crippen LogP contribution in [0.25, 0.3) is 0 Å². The van der Waals surface area contributed by atoms with Crippen molar-refractivity contribution in [3.8, 4) is 0 Å². The highest BCUT2D eigenvalue weighted by molar-refractivity contribution is 5.40. The van der Waals surface area contributed by atoms with E-state index in [-0.39, 0.29) is 0 Å². The minimum absolute atomic E-state index is 0.293. The van der Waals surface area contributed by atoms with Crippen LogP contribution in [0.2, 0.25) is 0 Å². The summed E-state index contributed by atoms with van der Waals surface area (Å²) >= 11 is 0. The smallest absolute Gasteiger partial charge is 0.224 e. The predicted molar refractivity (Wildman–Crippen MR) is 89.4 cm³/mol. The summed E-state index contributed by atoms with van der Waals surface area (Å²) in [5.74, 6) is 1.27. The molecule has 2 heterocycles. The first kappa shape index (κ1) is 15.7. The summed E-state index contributed by atoms with van der Waals surface area (Å²) in [5, 5.41) is 16.6. The third-order valence-electron chi connectivity index (χ3n) is 3.81. The van der Waals surface area contributed by atoms with Gasteiger partial charge in [-0.05, 0) is 24.5 Å². The molecule has 0 amide bonds. The highest BCUT2D eigenvalue weighted by atomic mass is 16.5. The number of aliphatic hydroxyl groups excluding tert-OH is 1. The van der Waals surface area contributed by atoms with Gasteiger partial charge in [0.05, 0.1) is 18.8 Å². The molecule has 6 heteroatoms. The monoisotopic (exact) mass is 314 g/mol. The molecule has 0 aliphatic carbocycles. The van der Waals surface area contributed by atoms with Gasteiger partial charge in [-0.1, -0.05) is 30.3 Å². The second-order valence-electron chi connectivity index (χ2n) is 5.63. The van der Waals surface area contributed by atoms with Crippen molar-refractivity contribution in [1.29, 1.82) is 0 Å². The SMILES string of the molecule is O[C@H](CNc1nccc(N[C@H]2CCCOC2)n1)c1ccccc1. The molecule has 0 spiro atoms. The second kappa shape index (κ2) is 7.89. The Labute approximate surface area is 135 Å². The first-order valence-corrected chi connectivity index (χ1v) is 7.95. The molecule has 3 N–H and O–H groups in total. The quantitative estimate of drug-likeness (QED) is 0.759. The van der Waals surface area contributed by atoms with Crippen LogP contribution in [0.5, 0.6) is 0 Å². The summed E-state index contributed by atoms with van der Waals surface area (Å²) in [7, 11) is 0. The van der Waals surface area contributed by atoms with Gasteiger partial charge in [-0.15, -0.1) is 0 Å². The van der Waals surface area contributed by atoms with E-state index in [1.54, 1.807) is 6.20 Å². The zero-order chi connectivity index (χ0) is 15.9. The molecule has 1 aliphatic heterocycles. The first-order valence-electron chi connectivity index (χ1n) is 7.95. The topological polar surface area (TPSA) is 79.3 Å². The lowest BCUT2D eigenvalue weighted by Gasteiger charge is -2.23. The number of anilines is 2. The lowest BCUT2D eigenvalue weighted by Crippen LogP contribution is -2.30. The number of aliphatic hydroxyl groups is 1. The van der Waals surface area contributed by atoms with Gasteiger partial charge in [0.15, 0.2) is 0 Å². The lowest BCUT2D eigenvalue weighted by atomic mass is 10.1. The van der Waals surface area contributed by atoms with Crippen molar-refractivity contribution in [3.05, 3.63) is 48.2 Å². The largest absolute Gasteiger partial charge is 0.387 e. The van der Waals surface area contributed by atoms with Crippen molar-refractivity contribution in [3.63, 3.8) is 0 Å². The molecule has 1 aromatic carbocycles. The molecule has 122 valence electrons. The molecule has 1 fully saturated rings. The fourth-order valence-corrected chi connectivity index (χ4v) is 2.57. The van der Waals surface area contributed by atoms with Gasteiger partial charge in [0.2, 0.25) is 5.95 Å². The van der Waals surface area contributed by atoms with Crippen LogP contribution in [0.3, 0.4) is 0 Å². The van der Waals surface area contributed by atoms with E-state index < -0.39 is 6.10 Å². The Balaban J connectivity index is 1.55. The first-order chi connectivity index (χ1) is 11.3. The van der Waals surface area contributed by atoms with Crippen LogP contribution in [0.1, 0.15) is 24.5 Å². The summed E-state index contributed by atoms with van der Waals surface area (Å²) in [6, 6.07) is 11.7. The number of hydrogen-bond donors (Lipinski definition) is 3. The number of rotatable bonds is 6. The fourth-order valence-electron chi connectivity index (χ4n) is 2.57. The molecule has 1 saturated heterocycles. The van der Waals surface area contributed by atoms with Gasteiger partial charge in [0.1, 0.15) is 5.82 Å². The van der Waals surface area contributed by atoms with Gasteiger partial charge in [0, 0.05) is 19.3 Å².